The molecule has 1 N–H and O–H groups in total. The van der Waals surface area contributed by atoms with Crippen LogP contribution < -0.4 is 5.32 Å². The van der Waals surface area contributed by atoms with Gasteiger partial charge in [0, 0.05) is 31.0 Å². The maximum Gasteiger partial charge on any atom is 0.183 e. The van der Waals surface area contributed by atoms with Gasteiger partial charge in [0.1, 0.15) is 5.01 Å². The molecule has 0 spiro atoms. The lowest BCUT2D eigenvalue weighted by Crippen LogP contribution is -2.06. The number of thiazole rings is 2. The minimum atomic E-state index is 0.688. The van der Waals surface area contributed by atoms with Gasteiger partial charge in [0.15, 0.2) is 5.13 Å². The van der Waals surface area contributed by atoms with Crippen LogP contribution >= 0.6 is 34.4 Å². The Morgan fingerprint density at radius 1 is 1.50 bits per heavy atom. The van der Waals surface area contributed by atoms with Gasteiger partial charge in [-0.25, -0.2) is 9.97 Å². The molecule has 0 amide bonds. The van der Waals surface area contributed by atoms with Crippen LogP contribution in [0.3, 0.4) is 0 Å². The fraction of sp³-hybridized carbons (Fsp3) is 0.455. The van der Waals surface area contributed by atoms with Crippen LogP contribution in [0, 0.1) is 0 Å². The summed E-state index contributed by atoms with van der Waals surface area (Å²) >= 11 is 5.11. The fourth-order valence-electron chi connectivity index (χ4n) is 1.35. The highest BCUT2D eigenvalue weighted by atomic mass is 32.2. The minimum absolute atomic E-state index is 0.688. The Bertz CT molecular complexity index is 483. The molecule has 4 nitrogen and oxygen atoms in total. The van der Waals surface area contributed by atoms with Crippen LogP contribution in [0.2, 0.25) is 0 Å². The van der Waals surface area contributed by atoms with E-state index in [4.69, 9.17) is 4.74 Å². The Kier molecular flexibility index (Phi) is 5.43. The second-order valence-corrected chi connectivity index (χ2v) is 6.35. The summed E-state index contributed by atoms with van der Waals surface area (Å²) in [4.78, 5) is 10.1. The predicted molar refractivity (Wildman–Crippen MR) is 80.8 cm³/mol. The number of hydrogen-bond donors (Lipinski definition) is 1. The number of thioether (sulfide) groups is 1. The molecule has 0 aliphatic heterocycles. The predicted octanol–water partition coefficient (Wildman–Crippen LogP) is 3.19. The zero-order valence-electron chi connectivity index (χ0n) is 10.3. The van der Waals surface area contributed by atoms with E-state index in [1.807, 2.05) is 6.20 Å². The van der Waals surface area contributed by atoms with Crippen LogP contribution in [0.5, 0.6) is 0 Å². The molecule has 98 valence electrons. The van der Waals surface area contributed by atoms with Crippen molar-refractivity contribution in [2.45, 2.75) is 5.75 Å². The van der Waals surface area contributed by atoms with Gasteiger partial charge < -0.3 is 10.1 Å². The van der Waals surface area contributed by atoms with Gasteiger partial charge in [-0.15, -0.1) is 22.7 Å². The summed E-state index contributed by atoms with van der Waals surface area (Å²) in [5, 5.41) is 7.38. The Labute approximate surface area is 119 Å². The number of aromatic nitrogens is 2. The maximum atomic E-state index is 4.99. The van der Waals surface area contributed by atoms with Crippen molar-refractivity contribution in [2.75, 3.05) is 31.8 Å². The van der Waals surface area contributed by atoms with Gasteiger partial charge in [0.05, 0.1) is 17.2 Å². The van der Waals surface area contributed by atoms with E-state index in [-0.39, 0.29) is 0 Å². The van der Waals surface area contributed by atoms with Gasteiger partial charge in [-0.3, -0.25) is 0 Å². The molecule has 2 aromatic heterocycles. The number of anilines is 1. The molecule has 2 aromatic rings. The Hall–Kier alpha value is -0.630. The highest BCUT2D eigenvalue weighted by molar-refractivity contribution is 7.97. The summed E-state index contributed by atoms with van der Waals surface area (Å²) in [7, 11) is 1.69. The van der Waals surface area contributed by atoms with Crippen LogP contribution in [0.15, 0.2) is 11.6 Å². The molecule has 2 rings (SSSR count). The second-order valence-electron chi connectivity index (χ2n) is 3.51. The molecular formula is C11H15N3OS3. The third kappa shape index (κ3) is 3.68. The molecule has 7 heteroatoms. The smallest absolute Gasteiger partial charge is 0.183 e. The van der Waals surface area contributed by atoms with Crippen molar-refractivity contribution in [2.24, 2.45) is 0 Å². The standard InChI is InChI=1S/C11H15N3OS3/c1-15-4-3-12-11-14-8(6-17-11)9-5-13-10(18-9)7-16-2/h5-6H,3-4,7H2,1-2H3,(H,12,14). The molecule has 0 unspecified atom stereocenters. The average Bonchev–Trinajstić information content (AvgIpc) is 2.98. The molecule has 0 bridgehead atoms. The van der Waals surface area contributed by atoms with E-state index in [1.54, 1.807) is 41.5 Å². The van der Waals surface area contributed by atoms with Crippen molar-refractivity contribution in [3.05, 3.63) is 16.6 Å². The normalized spacial score (nSPS) is 10.8. The van der Waals surface area contributed by atoms with Crippen LogP contribution in [0.1, 0.15) is 5.01 Å². The van der Waals surface area contributed by atoms with Crippen molar-refractivity contribution in [1.82, 2.24) is 9.97 Å². The van der Waals surface area contributed by atoms with Gasteiger partial charge in [0.2, 0.25) is 0 Å². The van der Waals surface area contributed by atoms with E-state index in [9.17, 15) is 0 Å². The first-order valence-electron chi connectivity index (χ1n) is 5.46. The highest BCUT2D eigenvalue weighted by Crippen LogP contribution is 2.30. The van der Waals surface area contributed by atoms with Crippen LogP contribution in [-0.4, -0.2) is 36.5 Å². The molecule has 0 aliphatic carbocycles. The van der Waals surface area contributed by atoms with Gasteiger partial charge in [-0.05, 0) is 6.26 Å². The zero-order chi connectivity index (χ0) is 12.8. The van der Waals surface area contributed by atoms with Crippen molar-refractivity contribution >= 4 is 39.6 Å². The first kappa shape index (κ1) is 13.8. The van der Waals surface area contributed by atoms with Gasteiger partial charge in [0.25, 0.3) is 0 Å². The molecule has 0 saturated heterocycles. The van der Waals surface area contributed by atoms with Gasteiger partial charge >= 0.3 is 0 Å². The van der Waals surface area contributed by atoms with E-state index in [1.165, 1.54) is 0 Å². The molecular weight excluding hydrogens is 286 g/mol. The molecule has 0 aliphatic rings. The first-order valence-corrected chi connectivity index (χ1v) is 8.55. The van der Waals surface area contributed by atoms with Gasteiger partial charge in [-0.1, -0.05) is 0 Å². The number of hydrogen-bond acceptors (Lipinski definition) is 7. The lowest BCUT2D eigenvalue weighted by Gasteiger charge is -1.99. The SMILES string of the molecule is COCCNc1nc(-c2cnc(CSC)s2)cs1. The van der Waals surface area contributed by atoms with Crippen LogP contribution in [0.25, 0.3) is 10.6 Å². The third-order valence-corrected chi connectivity index (χ3v) is 4.73. The first-order chi connectivity index (χ1) is 8.83. The van der Waals surface area contributed by atoms with Gasteiger partial charge in [-0.2, -0.15) is 11.8 Å². The summed E-state index contributed by atoms with van der Waals surface area (Å²) in [6, 6.07) is 0. The Balaban J connectivity index is 1.99. The number of nitrogens with one attached hydrogen (secondary N) is 1. The van der Waals surface area contributed by atoms with Crippen molar-refractivity contribution in [3.8, 4) is 10.6 Å². The number of ether oxygens (including phenoxy) is 1. The largest absolute Gasteiger partial charge is 0.383 e. The summed E-state index contributed by atoms with van der Waals surface area (Å²) in [6.45, 7) is 1.47. The summed E-state index contributed by atoms with van der Waals surface area (Å²) in [5.74, 6) is 0.966. The number of methoxy groups -OCH3 is 1. The topological polar surface area (TPSA) is 47.0 Å². The van der Waals surface area contributed by atoms with E-state index in [2.05, 4.69) is 26.9 Å². The molecule has 0 fully saturated rings. The lowest BCUT2D eigenvalue weighted by atomic mass is 10.4. The molecule has 2 heterocycles. The molecule has 0 atom stereocenters. The fourth-order valence-corrected chi connectivity index (χ4v) is 3.75. The molecule has 0 radical (unpaired) electrons. The second kappa shape index (κ2) is 7.08. The van der Waals surface area contributed by atoms with Crippen LogP contribution in [-0.2, 0) is 10.5 Å². The van der Waals surface area contributed by atoms with E-state index in [0.29, 0.717) is 6.61 Å². The number of rotatable bonds is 7. The lowest BCUT2D eigenvalue weighted by molar-refractivity contribution is 0.211. The zero-order valence-corrected chi connectivity index (χ0v) is 12.8. The maximum absolute atomic E-state index is 4.99. The average molecular weight is 301 g/mol. The molecule has 0 saturated carbocycles. The summed E-state index contributed by atoms with van der Waals surface area (Å²) < 4.78 is 4.99. The van der Waals surface area contributed by atoms with Crippen molar-refractivity contribution in [1.29, 1.82) is 0 Å². The monoisotopic (exact) mass is 301 g/mol. The molecule has 18 heavy (non-hydrogen) atoms. The minimum Gasteiger partial charge on any atom is -0.383 e. The molecule has 0 aromatic carbocycles. The highest BCUT2D eigenvalue weighted by Gasteiger charge is 2.08. The Morgan fingerprint density at radius 3 is 3.17 bits per heavy atom. The van der Waals surface area contributed by atoms with E-state index in [0.717, 1.165) is 33.0 Å². The van der Waals surface area contributed by atoms with Crippen LogP contribution in [0.4, 0.5) is 5.13 Å². The summed E-state index contributed by atoms with van der Waals surface area (Å²) in [5.41, 5.74) is 1.00. The quantitative estimate of drug-likeness (QED) is 0.796. The van der Waals surface area contributed by atoms with E-state index < -0.39 is 0 Å². The third-order valence-electron chi connectivity index (χ3n) is 2.16. The Morgan fingerprint density at radius 2 is 2.39 bits per heavy atom. The van der Waals surface area contributed by atoms with Crippen molar-refractivity contribution in [3.63, 3.8) is 0 Å². The summed E-state index contributed by atoms with van der Waals surface area (Å²) in [6.07, 6.45) is 3.99. The van der Waals surface area contributed by atoms with E-state index >= 15 is 0 Å². The number of nitrogens with zero attached hydrogens (tertiary/aromatic N) is 2. The van der Waals surface area contributed by atoms with Crippen molar-refractivity contribution < 1.29 is 4.74 Å².